The third-order valence-corrected chi connectivity index (χ3v) is 5.99. The smallest absolute Gasteiger partial charge is 0.183 e. The Morgan fingerprint density at radius 2 is 1.52 bits per heavy atom. The average molecular weight is 453 g/mol. The molecular formula is C28H27F3O2. The van der Waals surface area contributed by atoms with Gasteiger partial charge in [0.15, 0.2) is 17.9 Å². The van der Waals surface area contributed by atoms with Crippen LogP contribution in [0.4, 0.5) is 13.2 Å². The molecule has 0 aromatic heterocycles. The Hall–Kier alpha value is -2.89. The monoisotopic (exact) mass is 452 g/mol. The fourth-order valence-corrected chi connectivity index (χ4v) is 3.96. The van der Waals surface area contributed by atoms with Gasteiger partial charge in [-0.25, -0.2) is 13.2 Å². The molecule has 0 aliphatic carbocycles. The summed E-state index contributed by atoms with van der Waals surface area (Å²) >= 11 is 0. The van der Waals surface area contributed by atoms with Crippen LogP contribution in [0, 0.1) is 23.4 Å². The molecule has 1 heterocycles. The number of rotatable bonds is 7. The number of unbranched alkanes of at least 4 members (excludes halogenated alkanes) is 1. The SMILES string of the molecule is C=CC1COC(c2ccc(-c3ccc(-c4ccc(CCCC)c(F)c4F)cc3)c(F)c2)OC1. The molecule has 0 unspecified atom stereocenters. The predicted molar refractivity (Wildman–Crippen MR) is 124 cm³/mol. The van der Waals surface area contributed by atoms with Gasteiger partial charge in [-0.15, -0.1) is 6.58 Å². The number of aryl methyl sites for hydroxylation is 1. The number of benzene rings is 3. The van der Waals surface area contributed by atoms with E-state index in [1.54, 1.807) is 54.6 Å². The molecule has 3 aromatic carbocycles. The van der Waals surface area contributed by atoms with E-state index < -0.39 is 23.7 Å². The zero-order chi connectivity index (χ0) is 23.4. The highest BCUT2D eigenvalue weighted by molar-refractivity contribution is 5.71. The third kappa shape index (κ3) is 5.05. The number of ether oxygens (including phenoxy) is 2. The summed E-state index contributed by atoms with van der Waals surface area (Å²) in [5, 5.41) is 0. The summed E-state index contributed by atoms with van der Waals surface area (Å²) in [4.78, 5) is 0. The van der Waals surface area contributed by atoms with Gasteiger partial charge in [-0.05, 0) is 35.6 Å². The average Bonchev–Trinajstić information content (AvgIpc) is 2.85. The highest BCUT2D eigenvalue weighted by atomic mass is 19.2. The Bertz CT molecular complexity index is 1120. The van der Waals surface area contributed by atoms with Crippen molar-refractivity contribution in [1.82, 2.24) is 0 Å². The first-order valence-electron chi connectivity index (χ1n) is 11.2. The maximum absolute atomic E-state index is 14.9. The Kier molecular flexibility index (Phi) is 7.31. The molecule has 1 fully saturated rings. The van der Waals surface area contributed by atoms with Crippen molar-refractivity contribution in [2.75, 3.05) is 13.2 Å². The molecule has 0 atom stereocenters. The van der Waals surface area contributed by atoms with Crippen molar-refractivity contribution in [2.45, 2.75) is 32.5 Å². The van der Waals surface area contributed by atoms with E-state index in [1.807, 2.05) is 6.92 Å². The summed E-state index contributed by atoms with van der Waals surface area (Å²) in [7, 11) is 0. The molecule has 0 bridgehead atoms. The van der Waals surface area contributed by atoms with Gasteiger partial charge < -0.3 is 9.47 Å². The van der Waals surface area contributed by atoms with Crippen LogP contribution in [0.25, 0.3) is 22.3 Å². The molecule has 5 heteroatoms. The van der Waals surface area contributed by atoms with E-state index in [9.17, 15) is 13.2 Å². The molecule has 1 saturated heterocycles. The van der Waals surface area contributed by atoms with Crippen molar-refractivity contribution in [1.29, 1.82) is 0 Å². The Morgan fingerprint density at radius 3 is 2.12 bits per heavy atom. The molecule has 0 radical (unpaired) electrons. The molecule has 33 heavy (non-hydrogen) atoms. The molecule has 3 aromatic rings. The summed E-state index contributed by atoms with van der Waals surface area (Å²) in [5.41, 5.74) is 2.78. The van der Waals surface area contributed by atoms with Gasteiger partial charge in [-0.2, -0.15) is 0 Å². The van der Waals surface area contributed by atoms with Crippen LogP contribution in [0.1, 0.15) is 37.2 Å². The largest absolute Gasteiger partial charge is 0.348 e. The Balaban J connectivity index is 1.53. The lowest BCUT2D eigenvalue weighted by atomic mass is 9.97. The molecule has 0 saturated carbocycles. The van der Waals surface area contributed by atoms with E-state index >= 15 is 0 Å². The lowest BCUT2D eigenvalue weighted by Gasteiger charge is -2.28. The maximum atomic E-state index is 14.9. The standard InChI is InChI=1S/C28H27F3O2/c1-3-5-6-21-11-14-24(27(31)26(21)30)20-9-7-19(8-10-20)23-13-12-22(15-25(23)29)28-32-16-18(4-2)17-33-28/h4,7-15,18,28H,2-3,5-6,16-17H2,1H3. The zero-order valence-electron chi connectivity index (χ0n) is 18.6. The molecule has 0 spiro atoms. The molecule has 4 rings (SSSR count). The second kappa shape index (κ2) is 10.4. The summed E-state index contributed by atoms with van der Waals surface area (Å²) in [5.74, 6) is -1.91. The number of hydrogen-bond acceptors (Lipinski definition) is 2. The van der Waals surface area contributed by atoms with Crippen molar-refractivity contribution in [2.24, 2.45) is 5.92 Å². The topological polar surface area (TPSA) is 18.5 Å². The molecular weight excluding hydrogens is 425 g/mol. The van der Waals surface area contributed by atoms with Crippen LogP contribution in [-0.4, -0.2) is 13.2 Å². The fraction of sp³-hybridized carbons (Fsp3) is 0.286. The molecule has 1 aliphatic heterocycles. The molecule has 1 aliphatic rings. The van der Waals surface area contributed by atoms with Gasteiger partial charge in [-0.3, -0.25) is 0 Å². The quantitative estimate of drug-likeness (QED) is 0.343. The van der Waals surface area contributed by atoms with Crippen LogP contribution in [-0.2, 0) is 15.9 Å². The van der Waals surface area contributed by atoms with E-state index in [4.69, 9.17) is 9.47 Å². The van der Waals surface area contributed by atoms with Crippen LogP contribution >= 0.6 is 0 Å². The van der Waals surface area contributed by atoms with Crippen LogP contribution in [0.15, 0.2) is 67.3 Å². The molecule has 172 valence electrons. The van der Waals surface area contributed by atoms with Crippen molar-refractivity contribution < 1.29 is 22.6 Å². The van der Waals surface area contributed by atoms with Crippen molar-refractivity contribution in [3.63, 3.8) is 0 Å². The predicted octanol–water partition coefficient (Wildman–Crippen LogP) is 7.63. The van der Waals surface area contributed by atoms with E-state index in [0.29, 0.717) is 47.5 Å². The van der Waals surface area contributed by atoms with Crippen LogP contribution in [0.3, 0.4) is 0 Å². The van der Waals surface area contributed by atoms with Gasteiger partial charge in [-0.1, -0.05) is 68.0 Å². The normalized spacial score (nSPS) is 18.3. The fourth-order valence-electron chi connectivity index (χ4n) is 3.96. The first kappa shape index (κ1) is 23.3. The van der Waals surface area contributed by atoms with E-state index in [0.717, 1.165) is 12.8 Å². The van der Waals surface area contributed by atoms with Crippen molar-refractivity contribution >= 4 is 0 Å². The maximum Gasteiger partial charge on any atom is 0.183 e. The van der Waals surface area contributed by atoms with Gasteiger partial charge in [0, 0.05) is 22.6 Å². The van der Waals surface area contributed by atoms with E-state index in [-0.39, 0.29) is 11.5 Å². The first-order valence-corrected chi connectivity index (χ1v) is 11.2. The van der Waals surface area contributed by atoms with Crippen LogP contribution < -0.4 is 0 Å². The van der Waals surface area contributed by atoms with Gasteiger partial charge >= 0.3 is 0 Å². The minimum Gasteiger partial charge on any atom is -0.348 e. The van der Waals surface area contributed by atoms with E-state index in [2.05, 4.69) is 6.58 Å². The first-order chi connectivity index (χ1) is 16.0. The highest BCUT2D eigenvalue weighted by Gasteiger charge is 2.23. The second-order valence-electron chi connectivity index (χ2n) is 8.31. The third-order valence-electron chi connectivity index (χ3n) is 5.99. The number of hydrogen-bond donors (Lipinski definition) is 0. The summed E-state index contributed by atoms with van der Waals surface area (Å²) in [6.07, 6.45) is 3.41. The van der Waals surface area contributed by atoms with Crippen molar-refractivity contribution in [3.8, 4) is 22.3 Å². The second-order valence-corrected chi connectivity index (χ2v) is 8.31. The molecule has 0 N–H and O–H groups in total. The van der Waals surface area contributed by atoms with Gasteiger partial charge in [0.1, 0.15) is 5.82 Å². The summed E-state index contributed by atoms with van der Waals surface area (Å²) < 4.78 is 55.3. The number of halogens is 3. The van der Waals surface area contributed by atoms with Gasteiger partial charge in [0.25, 0.3) is 0 Å². The lowest BCUT2D eigenvalue weighted by Crippen LogP contribution is -2.25. The van der Waals surface area contributed by atoms with Gasteiger partial charge in [0.05, 0.1) is 13.2 Å². The highest BCUT2D eigenvalue weighted by Crippen LogP contribution is 2.32. The minimum atomic E-state index is -0.849. The Morgan fingerprint density at radius 1 is 0.879 bits per heavy atom. The van der Waals surface area contributed by atoms with Crippen LogP contribution in [0.2, 0.25) is 0 Å². The summed E-state index contributed by atoms with van der Waals surface area (Å²) in [6.45, 7) is 6.71. The summed E-state index contributed by atoms with van der Waals surface area (Å²) in [6, 6.07) is 14.9. The van der Waals surface area contributed by atoms with Crippen LogP contribution in [0.5, 0.6) is 0 Å². The molecule has 0 amide bonds. The van der Waals surface area contributed by atoms with E-state index in [1.165, 1.54) is 6.07 Å². The Labute approximate surface area is 192 Å². The minimum absolute atomic E-state index is 0.134. The zero-order valence-corrected chi connectivity index (χ0v) is 18.6. The lowest BCUT2D eigenvalue weighted by molar-refractivity contribution is -0.197. The molecule has 2 nitrogen and oxygen atoms in total. The van der Waals surface area contributed by atoms with Crippen molar-refractivity contribution in [3.05, 3.63) is 95.8 Å². The van der Waals surface area contributed by atoms with Gasteiger partial charge in [0.2, 0.25) is 0 Å².